The van der Waals surface area contributed by atoms with Gasteiger partial charge in [-0.05, 0) is 96.8 Å². The monoisotopic (exact) mass is 1010 g/mol. The Morgan fingerprint density at radius 2 is 0.549 bits per heavy atom. The summed E-state index contributed by atoms with van der Waals surface area (Å²) in [7, 11) is 0. The fourth-order valence-corrected chi connectivity index (χ4v) is 9.39. The van der Waals surface area contributed by atoms with E-state index in [1.165, 1.54) is 135 Å². The number of unbranched alkanes of at least 4 members (excludes halogenated alkanes) is 32. The maximum absolute atomic E-state index is 12.5. The number of esters is 3. The molecule has 0 bridgehead atoms. The average molecular weight is 1010 g/mol. The number of carbonyl (C=O) groups is 4. The highest BCUT2D eigenvalue weighted by Gasteiger charge is 2.17. The topological polar surface area (TPSA) is 143 Å². The lowest BCUT2D eigenvalue weighted by Crippen LogP contribution is -2.41. The van der Waals surface area contributed by atoms with E-state index in [2.05, 4.69) is 30.6 Å². The molecule has 2 N–H and O–H groups in total. The number of nitrogens with zero attached hydrogens (tertiary/aromatic N) is 2. The normalized spacial score (nSPS) is 12.0. The van der Waals surface area contributed by atoms with Crippen LogP contribution in [0.1, 0.15) is 297 Å². The minimum atomic E-state index is -0.766. The first-order valence-electron chi connectivity index (χ1n) is 30.5. The largest absolute Gasteiger partial charge is 0.481 e. The number of carboxylic acid groups (broad SMARTS) is 1. The van der Waals surface area contributed by atoms with Gasteiger partial charge in [-0.1, -0.05) is 201 Å². The molecule has 0 heterocycles. The standard InChI is InChI=1S/C60H116N2O9/c1-4-7-10-13-16-19-22-25-40-51-69-58(66)44-33-29-37-48-61(47-36-28-32-43-57(64)65)54-56(63)55-62(49-38-30-34-45-59(67)70-52-41-26-23-20-17-14-11-8-5-2)50-39-31-35-46-60(68)71-53-42-27-24-21-18-15-12-9-6-3/h56,63H,4-55H2,1-3H3,(H,64,65). The molecule has 11 nitrogen and oxygen atoms in total. The van der Waals surface area contributed by atoms with Gasteiger partial charge in [0.1, 0.15) is 0 Å². The summed E-state index contributed by atoms with van der Waals surface area (Å²) in [5, 5.41) is 20.7. The summed E-state index contributed by atoms with van der Waals surface area (Å²) in [6.07, 6.45) is 44.6. The Kier molecular flexibility index (Phi) is 53.8. The van der Waals surface area contributed by atoms with Gasteiger partial charge in [0.15, 0.2) is 0 Å². The summed E-state index contributed by atoms with van der Waals surface area (Å²) in [4.78, 5) is 53.1. The lowest BCUT2D eigenvalue weighted by atomic mass is 10.1. The van der Waals surface area contributed by atoms with Gasteiger partial charge in [-0.25, -0.2) is 0 Å². The second-order valence-electron chi connectivity index (χ2n) is 21.0. The minimum Gasteiger partial charge on any atom is -0.481 e. The Bertz CT molecular complexity index is 1130. The van der Waals surface area contributed by atoms with Gasteiger partial charge < -0.3 is 34.2 Å². The molecule has 11 heteroatoms. The molecular formula is C60H116N2O9. The van der Waals surface area contributed by atoms with Crippen LogP contribution in [0.2, 0.25) is 0 Å². The number of carbonyl (C=O) groups excluding carboxylic acids is 3. The van der Waals surface area contributed by atoms with E-state index >= 15 is 0 Å². The molecule has 71 heavy (non-hydrogen) atoms. The molecule has 0 aromatic heterocycles. The van der Waals surface area contributed by atoms with E-state index in [1.807, 2.05) is 0 Å². The summed E-state index contributed by atoms with van der Waals surface area (Å²) in [5.74, 6) is -1.08. The van der Waals surface area contributed by atoms with Crippen LogP contribution in [0.4, 0.5) is 0 Å². The molecule has 0 rings (SSSR count). The van der Waals surface area contributed by atoms with Crippen molar-refractivity contribution in [3.63, 3.8) is 0 Å². The number of aliphatic hydroxyl groups is 1. The van der Waals surface area contributed by atoms with Crippen LogP contribution in [0.25, 0.3) is 0 Å². The van der Waals surface area contributed by atoms with Crippen molar-refractivity contribution in [1.82, 2.24) is 9.80 Å². The highest BCUT2D eigenvalue weighted by Crippen LogP contribution is 2.15. The lowest BCUT2D eigenvalue weighted by molar-refractivity contribution is -0.144. The Morgan fingerprint density at radius 1 is 0.324 bits per heavy atom. The second-order valence-corrected chi connectivity index (χ2v) is 21.0. The molecular weight excluding hydrogens is 893 g/mol. The molecule has 0 aromatic carbocycles. The number of aliphatic carboxylic acids is 1. The molecule has 1 unspecified atom stereocenters. The molecule has 1 atom stereocenters. The Balaban J connectivity index is 4.94. The minimum absolute atomic E-state index is 0.101. The number of ether oxygens (including phenoxy) is 3. The van der Waals surface area contributed by atoms with Crippen LogP contribution in [-0.4, -0.2) is 109 Å². The summed E-state index contributed by atoms with van der Waals surface area (Å²) in [6.45, 7) is 12.6. The molecule has 420 valence electrons. The zero-order valence-electron chi connectivity index (χ0n) is 47.0. The molecule has 0 aliphatic carbocycles. The van der Waals surface area contributed by atoms with Crippen LogP contribution in [-0.2, 0) is 33.4 Å². The molecule has 0 radical (unpaired) electrons. The fourth-order valence-electron chi connectivity index (χ4n) is 9.39. The molecule has 0 spiro atoms. The Labute approximate surface area is 437 Å². The third-order valence-electron chi connectivity index (χ3n) is 13.9. The predicted molar refractivity (Wildman–Crippen MR) is 295 cm³/mol. The maximum Gasteiger partial charge on any atom is 0.305 e. The van der Waals surface area contributed by atoms with Crippen LogP contribution < -0.4 is 0 Å². The summed E-state index contributed by atoms with van der Waals surface area (Å²) in [5.41, 5.74) is 0. The number of carboxylic acids is 1. The van der Waals surface area contributed by atoms with Crippen molar-refractivity contribution in [3.05, 3.63) is 0 Å². The summed E-state index contributed by atoms with van der Waals surface area (Å²) >= 11 is 0. The summed E-state index contributed by atoms with van der Waals surface area (Å²) < 4.78 is 16.6. The van der Waals surface area contributed by atoms with Crippen LogP contribution in [0, 0.1) is 0 Å². The predicted octanol–water partition coefficient (Wildman–Crippen LogP) is 15.5. The fraction of sp³-hybridized carbons (Fsp3) is 0.933. The third-order valence-corrected chi connectivity index (χ3v) is 13.9. The van der Waals surface area contributed by atoms with E-state index in [9.17, 15) is 24.3 Å². The number of rotatable bonds is 58. The molecule has 0 aliphatic rings. The lowest BCUT2D eigenvalue weighted by Gasteiger charge is -2.29. The maximum atomic E-state index is 12.5. The van der Waals surface area contributed by atoms with Gasteiger partial charge in [-0.3, -0.25) is 19.2 Å². The molecule has 0 aliphatic heterocycles. The first-order valence-corrected chi connectivity index (χ1v) is 30.5. The van der Waals surface area contributed by atoms with Crippen molar-refractivity contribution in [1.29, 1.82) is 0 Å². The van der Waals surface area contributed by atoms with Crippen molar-refractivity contribution in [2.24, 2.45) is 0 Å². The Hall–Kier alpha value is -2.24. The van der Waals surface area contributed by atoms with Gasteiger partial charge in [0, 0.05) is 38.8 Å². The first-order chi connectivity index (χ1) is 34.7. The number of hydrogen-bond acceptors (Lipinski definition) is 10. The summed E-state index contributed by atoms with van der Waals surface area (Å²) in [6, 6.07) is 0. The van der Waals surface area contributed by atoms with Gasteiger partial charge in [-0.15, -0.1) is 0 Å². The van der Waals surface area contributed by atoms with Gasteiger partial charge in [0.05, 0.1) is 25.9 Å². The van der Waals surface area contributed by atoms with E-state index in [4.69, 9.17) is 19.3 Å². The highest BCUT2D eigenvalue weighted by molar-refractivity contribution is 5.70. The number of hydrogen-bond donors (Lipinski definition) is 2. The smallest absolute Gasteiger partial charge is 0.305 e. The number of aliphatic hydroxyl groups excluding tert-OH is 1. The molecule has 0 fully saturated rings. The molecule has 0 saturated carbocycles. The SMILES string of the molecule is CCCCCCCCCCCOC(=O)CCCCCN(CCCCCC(=O)O)CC(O)CN(CCCCCC(=O)OCCCCCCCCCCC)CCCCCC(=O)OCCCCCCCCCCC. The zero-order chi connectivity index (χ0) is 51.9. The van der Waals surface area contributed by atoms with Crippen molar-refractivity contribution >= 4 is 23.9 Å². The molecule has 0 aromatic rings. The van der Waals surface area contributed by atoms with E-state index in [0.717, 1.165) is 135 Å². The van der Waals surface area contributed by atoms with Gasteiger partial charge in [0.25, 0.3) is 0 Å². The van der Waals surface area contributed by atoms with E-state index in [0.29, 0.717) is 58.6 Å². The quantitative estimate of drug-likeness (QED) is 0.0341. The third kappa shape index (κ3) is 53.9. The van der Waals surface area contributed by atoms with Crippen molar-refractivity contribution < 1.29 is 43.6 Å². The van der Waals surface area contributed by atoms with Crippen LogP contribution in [0.15, 0.2) is 0 Å². The Morgan fingerprint density at radius 3 is 0.803 bits per heavy atom. The van der Waals surface area contributed by atoms with Gasteiger partial charge in [0.2, 0.25) is 0 Å². The molecule has 0 amide bonds. The van der Waals surface area contributed by atoms with Crippen LogP contribution >= 0.6 is 0 Å². The van der Waals surface area contributed by atoms with Gasteiger partial charge in [-0.2, -0.15) is 0 Å². The highest BCUT2D eigenvalue weighted by atomic mass is 16.5. The van der Waals surface area contributed by atoms with E-state index in [1.54, 1.807) is 0 Å². The van der Waals surface area contributed by atoms with Crippen molar-refractivity contribution in [2.75, 3.05) is 59.1 Å². The van der Waals surface area contributed by atoms with Crippen LogP contribution in [0.3, 0.4) is 0 Å². The van der Waals surface area contributed by atoms with Crippen LogP contribution in [0.5, 0.6) is 0 Å². The van der Waals surface area contributed by atoms with Crippen molar-refractivity contribution in [2.45, 2.75) is 303 Å². The van der Waals surface area contributed by atoms with E-state index in [-0.39, 0.29) is 24.3 Å². The zero-order valence-corrected chi connectivity index (χ0v) is 47.0. The van der Waals surface area contributed by atoms with Crippen molar-refractivity contribution in [3.8, 4) is 0 Å². The second kappa shape index (κ2) is 55.5. The van der Waals surface area contributed by atoms with Gasteiger partial charge >= 0.3 is 23.9 Å². The average Bonchev–Trinajstić information content (AvgIpc) is 3.34. The first kappa shape index (κ1) is 68.8. The molecule has 0 saturated heterocycles. The van der Waals surface area contributed by atoms with E-state index < -0.39 is 12.1 Å².